The highest BCUT2D eigenvalue weighted by molar-refractivity contribution is 9.10. The Hall–Kier alpha value is -0.140. The third kappa shape index (κ3) is 4.43. The van der Waals surface area contributed by atoms with Gasteiger partial charge in [-0.15, -0.1) is 12.4 Å². The number of rotatable bonds is 5. The first-order chi connectivity index (χ1) is 9.00. The molecule has 0 saturated carbocycles. The Morgan fingerprint density at radius 2 is 2.20 bits per heavy atom. The summed E-state index contributed by atoms with van der Waals surface area (Å²) in [4.78, 5) is 0.317. The van der Waals surface area contributed by atoms with Crippen molar-refractivity contribution >= 4 is 38.4 Å². The fourth-order valence-electron chi connectivity index (χ4n) is 2.26. The Morgan fingerprint density at radius 1 is 1.45 bits per heavy atom. The molecule has 2 rings (SSSR count). The van der Waals surface area contributed by atoms with Gasteiger partial charge in [0.1, 0.15) is 0 Å². The Balaban J connectivity index is 0.00000200. The second kappa shape index (κ2) is 7.75. The van der Waals surface area contributed by atoms with Crippen LogP contribution in [0.15, 0.2) is 27.6 Å². The molecule has 0 aliphatic carbocycles. The van der Waals surface area contributed by atoms with Crippen LogP contribution in [0.3, 0.4) is 0 Å². The smallest absolute Gasteiger partial charge is 0.241 e. The van der Waals surface area contributed by atoms with Crippen molar-refractivity contribution in [2.75, 3.05) is 19.6 Å². The molecule has 7 heteroatoms. The zero-order valence-electron chi connectivity index (χ0n) is 11.4. The van der Waals surface area contributed by atoms with E-state index in [0.717, 1.165) is 31.5 Å². The molecular weight excluding hydrogens is 364 g/mol. The average Bonchev–Trinajstić information content (AvgIpc) is 2.85. The van der Waals surface area contributed by atoms with Gasteiger partial charge < -0.3 is 5.32 Å². The first kappa shape index (κ1) is 17.9. The number of benzene rings is 1. The molecule has 1 aromatic rings. The summed E-state index contributed by atoms with van der Waals surface area (Å²) >= 11 is 3.35. The summed E-state index contributed by atoms with van der Waals surface area (Å²) in [7, 11) is -3.42. The van der Waals surface area contributed by atoms with Crippen LogP contribution in [-0.4, -0.2) is 28.1 Å². The molecular formula is C13H20BrClN2O2S. The Kier molecular flexibility index (Phi) is 6.94. The lowest BCUT2D eigenvalue weighted by molar-refractivity contribution is 0.519. The van der Waals surface area contributed by atoms with E-state index in [-0.39, 0.29) is 12.4 Å². The van der Waals surface area contributed by atoms with E-state index >= 15 is 0 Å². The molecule has 4 nitrogen and oxygen atoms in total. The third-order valence-electron chi connectivity index (χ3n) is 3.45. The zero-order valence-corrected chi connectivity index (χ0v) is 14.6. The molecule has 114 valence electrons. The maximum atomic E-state index is 12.2. The molecule has 1 unspecified atom stereocenters. The van der Waals surface area contributed by atoms with Crippen molar-refractivity contribution in [1.82, 2.24) is 10.0 Å². The summed E-state index contributed by atoms with van der Waals surface area (Å²) in [6.07, 6.45) is 2.02. The van der Waals surface area contributed by atoms with Gasteiger partial charge in [0.05, 0.1) is 4.90 Å². The Bertz CT molecular complexity index is 545. The number of sulfonamides is 1. The second-order valence-electron chi connectivity index (χ2n) is 4.93. The summed E-state index contributed by atoms with van der Waals surface area (Å²) < 4.78 is 27.8. The Morgan fingerprint density at radius 3 is 2.85 bits per heavy atom. The van der Waals surface area contributed by atoms with Crippen LogP contribution >= 0.6 is 28.3 Å². The summed E-state index contributed by atoms with van der Waals surface area (Å²) in [5, 5.41) is 3.28. The molecule has 2 N–H and O–H groups in total. The molecule has 20 heavy (non-hydrogen) atoms. The van der Waals surface area contributed by atoms with Crippen molar-refractivity contribution in [3.8, 4) is 0 Å². The van der Waals surface area contributed by atoms with Crippen LogP contribution in [0.2, 0.25) is 0 Å². The monoisotopic (exact) mass is 382 g/mol. The van der Waals surface area contributed by atoms with Gasteiger partial charge in [-0.1, -0.05) is 12.1 Å². The van der Waals surface area contributed by atoms with Crippen molar-refractivity contribution in [1.29, 1.82) is 0 Å². The highest BCUT2D eigenvalue weighted by atomic mass is 79.9. The van der Waals surface area contributed by atoms with Crippen molar-refractivity contribution < 1.29 is 8.42 Å². The minimum atomic E-state index is -3.42. The van der Waals surface area contributed by atoms with Crippen LogP contribution in [0, 0.1) is 12.8 Å². The highest BCUT2D eigenvalue weighted by Crippen LogP contribution is 2.25. The van der Waals surface area contributed by atoms with Crippen LogP contribution in [0.4, 0.5) is 0 Å². The van der Waals surface area contributed by atoms with Gasteiger partial charge in [-0.3, -0.25) is 0 Å². The number of hydrogen-bond acceptors (Lipinski definition) is 3. The lowest BCUT2D eigenvalue weighted by Gasteiger charge is -2.12. The van der Waals surface area contributed by atoms with E-state index in [4.69, 9.17) is 0 Å². The maximum Gasteiger partial charge on any atom is 0.241 e. The van der Waals surface area contributed by atoms with E-state index in [1.165, 1.54) is 0 Å². The molecule has 1 aliphatic rings. The highest BCUT2D eigenvalue weighted by Gasteiger charge is 2.19. The van der Waals surface area contributed by atoms with Crippen LogP contribution in [0.25, 0.3) is 0 Å². The predicted octanol–water partition coefficient (Wildman–Crippen LogP) is 2.46. The van der Waals surface area contributed by atoms with E-state index in [1.54, 1.807) is 12.1 Å². The van der Waals surface area contributed by atoms with E-state index in [1.807, 2.05) is 13.0 Å². The summed E-state index contributed by atoms with van der Waals surface area (Å²) in [6.45, 7) is 4.42. The quantitative estimate of drug-likeness (QED) is 0.821. The SMILES string of the molecule is Cc1cccc(S(=O)(=O)NCCC2CCNC2)c1Br.Cl. The van der Waals surface area contributed by atoms with Gasteiger partial charge in [0, 0.05) is 11.0 Å². The number of aryl methyl sites for hydroxylation is 1. The molecule has 0 radical (unpaired) electrons. The van der Waals surface area contributed by atoms with Gasteiger partial charge in [0.2, 0.25) is 10.0 Å². The van der Waals surface area contributed by atoms with Gasteiger partial charge in [-0.25, -0.2) is 13.1 Å². The van der Waals surface area contributed by atoms with Gasteiger partial charge >= 0.3 is 0 Å². The molecule has 1 fully saturated rings. The van der Waals surface area contributed by atoms with Crippen molar-refractivity contribution in [2.45, 2.75) is 24.7 Å². The molecule has 1 saturated heterocycles. The van der Waals surface area contributed by atoms with Gasteiger partial charge in [-0.2, -0.15) is 0 Å². The third-order valence-corrected chi connectivity index (χ3v) is 6.27. The van der Waals surface area contributed by atoms with Gasteiger partial charge in [-0.05, 0) is 66.3 Å². The normalized spacial score (nSPS) is 18.8. The molecule has 1 aliphatic heterocycles. The summed E-state index contributed by atoms with van der Waals surface area (Å²) in [5.74, 6) is 0.587. The molecule has 0 spiro atoms. The maximum absolute atomic E-state index is 12.2. The number of hydrogen-bond donors (Lipinski definition) is 2. The topological polar surface area (TPSA) is 58.2 Å². The first-order valence-corrected chi connectivity index (χ1v) is 8.74. The number of halogens is 2. The fourth-order valence-corrected chi connectivity index (χ4v) is 4.36. The fraction of sp³-hybridized carbons (Fsp3) is 0.538. The van der Waals surface area contributed by atoms with Crippen LogP contribution in [-0.2, 0) is 10.0 Å². The van der Waals surface area contributed by atoms with Crippen molar-refractivity contribution in [2.24, 2.45) is 5.92 Å². The van der Waals surface area contributed by atoms with Crippen molar-refractivity contribution in [3.63, 3.8) is 0 Å². The Labute approximate surface area is 135 Å². The first-order valence-electron chi connectivity index (χ1n) is 6.46. The molecule has 0 amide bonds. The average molecular weight is 384 g/mol. The molecule has 0 bridgehead atoms. The predicted molar refractivity (Wildman–Crippen MR) is 86.9 cm³/mol. The van der Waals surface area contributed by atoms with Crippen LogP contribution in [0.5, 0.6) is 0 Å². The summed E-state index contributed by atoms with van der Waals surface area (Å²) in [5.41, 5.74) is 0.919. The molecule has 1 heterocycles. The van der Waals surface area contributed by atoms with E-state index < -0.39 is 10.0 Å². The minimum absolute atomic E-state index is 0. The van der Waals surface area contributed by atoms with Crippen LogP contribution in [0.1, 0.15) is 18.4 Å². The molecule has 1 aromatic carbocycles. The second-order valence-corrected chi connectivity index (χ2v) is 7.46. The lowest BCUT2D eigenvalue weighted by atomic mass is 10.1. The minimum Gasteiger partial charge on any atom is -0.316 e. The van der Waals surface area contributed by atoms with E-state index in [0.29, 0.717) is 21.8 Å². The standard InChI is InChI=1S/C13H19BrN2O2S.ClH/c1-10-3-2-4-12(13(10)14)19(17,18)16-8-6-11-5-7-15-9-11;/h2-4,11,15-16H,5-9H2,1H3;1H. The number of nitrogens with one attached hydrogen (secondary N) is 2. The van der Waals surface area contributed by atoms with Gasteiger partial charge in [0.15, 0.2) is 0 Å². The molecule has 1 atom stereocenters. The van der Waals surface area contributed by atoms with E-state index in [2.05, 4.69) is 26.0 Å². The lowest BCUT2D eigenvalue weighted by Crippen LogP contribution is -2.27. The van der Waals surface area contributed by atoms with E-state index in [9.17, 15) is 8.42 Å². The molecule has 0 aromatic heterocycles. The van der Waals surface area contributed by atoms with Crippen molar-refractivity contribution in [3.05, 3.63) is 28.2 Å². The van der Waals surface area contributed by atoms with Gasteiger partial charge in [0.25, 0.3) is 0 Å². The summed E-state index contributed by atoms with van der Waals surface area (Å²) in [6, 6.07) is 5.26. The largest absolute Gasteiger partial charge is 0.316 e. The van der Waals surface area contributed by atoms with Crippen LogP contribution < -0.4 is 10.0 Å². The zero-order chi connectivity index (χ0) is 13.9.